The molecule has 5 rings (SSSR count). The van der Waals surface area contributed by atoms with Crippen LogP contribution in [0.3, 0.4) is 0 Å². The number of aryl methyl sites for hydroxylation is 1. The fourth-order valence-electron chi connectivity index (χ4n) is 3.62. The van der Waals surface area contributed by atoms with E-state index in [2.05, 4.69) is 0 Å². The quantitative estimate of drug-likeness (QED) is 0.257. The number of aromatic nitrogens is 1. The fraction of sp³-hybridized carbons (Fsp3) is 0.0741. The average molecular weight is 421 g/mol. The van der Waals surface area contributed by atoms with Gasteiger partial charge in [-0.2, -0.15) is 0 Å². The number of pyridine rings is 1. The van der Waals surface area contributed by atoms with Gasteiger partial charge in [0.05, 0.1) is 16.8 Å². The molecule has 0 bridgehead atoms. The van der Waals surface area contributed by atoms with Crippen LogP contribution in [-0.4, -0.2) is 23.3 Å². The zero-order valence-electron chi connectivity index (χ0n) is 17.4. The predicted octanol–water partition coefficient (Wildman–Crippen LogP) is 6.00. The molecule has 0 N–H and O–H groups in total. The molecule has 0 saturated carbocycles. The van der Waals surface area contributed by atoms with E-state index in [9.17, 15) is 9.59 Å². The van der Waals surface area contributed by atoms with Crippen LogP contribution in [-0.2, 0) is 4.74 Å². The number of esters is 1. The Morgan fingerprint density at radius 3 is 2.47 bits per heavy atom. The van der Waals surface area contributed by atoms with Crippen molar-refractivity contribution in [2.24, 2.45) is 0 Å². The highest BCUT2D eigenvalue weighted by Crippen LogP contribution is 2.26. The van der Waals surface area contributed by atoms with Crippen LogP contribution in [0, 0.1) is 6.92 Å². The van der Waals surface area contributed by atoms with Gasteiger partial charge in [-0.25, -0.2) is 9.78 Å². The van der Waals surface area contributed by atoms with E-state index in [1.165, 1.54) is 0 Å². The number of benzene rings is 3. The third-order valence-electron chi connectivity index (χ3n) is 5.32. The van der Waals surface area contributed by atoms with Gasteiger partial charge >= 0.3 is 5.97 Å². The topological polar surface area (TPSA) is 69.4 Å². The Morgan fingerprint density at radius 2 is 1.66 bits per heavy atom. The van der Waals surface area contributed by atoms with Crippen LogP contribution < -0.4 is 0 Å². The van der Waals surface area contributed by atoms with Gasteiger partial charge in [-0.05, 0) is 31.2 Å². The number of Topliss-reactive ketones (excluding diaryl/α,β-unsaturated/α-hetero) is 1. The van der Waals surface area contributed by atoms with Crippen LogP contribution in [0.2, 0.25) is 0 Å². The summed E-state index contributed by atoms with van der Waals surface area (Å²) in [6, 6.07) is 26.0. The number of rotatable bonds is 5. The molecule has 0 saturated heterocycles. The number of nitrogens with zero attached hydrogens (tertiary/aromatic N) is 1. The average Bonchev–Trinajstić information content (AvgIpc) is 3.26. The highest BCUT2D eigenvalue weighted by Gasteiger charge is 2.19. The summed E-state index contributed by atoms with van der Waals surface area (Å²) < 4.78 is 11.0. The molecule has 0 spiro atoms. The number of ether oxygens (including phenoxy) is 1. The third-order valence-corrected chi connectivity index (χ3v) is 5.32. The van der Waals surface area contributed by atoms with E-state index in [1.807, 2.05) is 73.7 Å². The Hall–Kier alpha value is -4.25. The smallest absolute Gasteiger partial charge is 0.339 e. The summed E-state index contributed by atoms with van der Waals surface area (Å²) in [5.41, 5.74) is 4.36. The maximum atomic E-state index is 13.0. The Bertz CT molecular complexity index is 1430. The van der Waals surface area contributed by atoms with Crippen LogP contribution >= 0.6 is 0 Å². The molecule has 0 amide bonds. The van der Waals surface area contributed by atoms with Crippen molar-refractivity contribution in [2.75, 3.05) is 6.61 Å². The number of ketones is 1. The molecular formula is C27H19NO4. The van der Waals surface area contributed by atoms with E-state index in [0.717, 1.165) is 16.5 Å². The minimum absolute atomic E-state index is 0.166. The van der Waals surface area contributed by atoms with E-state index in [4.69, 9.17) is 14.1 Å². The first-order chi connectivity index (χ1) is 15.6. The minimum atomic E-state index is -0.582. The van der Waals surface area contributed by atoms with Crippen molar-refractivity contribution in [3.63, 3.8) is 0 Å². The molecule has 3 aromatic carbocycles. The summed E-state index contributed by atoms with van der Waals surface area (Å²) in [7, 11) is 0. The first-order valence-electron chi connectivity index (χ1n) is 10.2. The molecule has 5 nitrogen and oxygen atoms in total. The summed E-state index contributed by atoms with van der Waals surface area (Å²) in [5.74, 6) is -0.813. The molecule has 5 heteroatoms. The predicted molar refractivity (Wildman–Crippen MR) is 123 cm³/mol. The molecule has 0 aliphatic heterocycles. The second-order valence-electron chi connectivity index (χ2n) is 7.59. The SMILES string of the molecule is Cc1ccc(-c2cc(C(=O)OCC(=O)c3cc4ccccc4o3)c3ccccc3n2)cc1. The molecule has 156 valence electrons. The van der Waals surface area contributed by atoms with Gasteiger partial charge in [0.1, 0.15) is 5.58 Å². The monoisotopic (exact) mass is 421 g/mol. The Kier molecular flexibility index (Phi) is 5.00. The summed E-state index contributed by atoms with van der Waals surface area (Å²) in [4.78, 5) is 30.2. The Balaban J connectivity index is 1.43. The normalized spacial score (nSPS) is 11.0. The number of para-hydroxylation sites is 2. The maximum absolute atomic E-state index is 13.0. The lowest BCUT2D eigenvalue weighted by atomic mass is 10.0. The molecular weight excluding hydrogens is 402 g/mol. The first-order valence-corrected chi connectivity index (χ1v) is 10.2. The fourth-order valence-corrected chi connectivity index (χ4v) is 3.62. The molecule has 2 aromatic heterocycles. The molecule has 0 aliphatic rings. The van der Waals surface area contributed by atoms with Gasteiger partial charge in [0.15, 0.2) is 12.4 Å². The zero-order chi connectivity index (χ0) is 22.1. The van der Waals surface area contributed by atoms with E-state index >= 15 is 0 Å². The van der Waals surface area contributed by atoms with Gasteiger partial charge in [0.25, 0.3) is 0 Å². The number of hydrogen-bond acceptors (Lipinski definition) is 5. The van der Waals surface area contributed by atoms with Gasteiger partial charge < -0.3 is 9.15 Å². The van der Waals surface area contributed by atoms with Crippen LogP contribution in [0.1, 0.15) is 26.5 Å². The Labute approximate surface area is 184 Å². The van der Waals surface area contributed by atoms with Crippen molar-refractivity contribution in [3.8, 4) is 11.3 Å². The second-order valence-corrected chi connectivity index (χ2v) is 7.59. The van der Waals surface area contributed by atoms with Crippen molar-refractivity contribution >= 4 is 33.6 Å². The van der Waals surface area contributed by atoms with Gasteiger partial charge in [-0.1, -0.05) is 66.2 Å². The van der Waals surface area contributed by atoms with E-state index in [1.54, 1.807) is 18.2 Å². The molecule has 5 aromatic rings. The lowest BCUT2D eigenvalue weighted by Gasteiger charge is -2.10. The third kappa shape index (κ3) is 3.76. The molecule has 0 fully saturated rings. The van der Waals surface area contributed by atoms with E-state index in [0.29, 0.717) is 27.7 Å². The van der Waals surface area contributed by atoms with Crippen LogP contribution in [0.25, 0.3) is 33.1 Å². The maximum Gasteiger partial charge on any atom is 0.339 e. The summed E-state index contributed by atoms with van der Waals surface area (Å²) in [5, 5.41) is 1.49. The van der Waals surface area contributed by atoms with E-state index in [-0.39, 0.29) is 5.76 Å². The van der Waals surface area contributed by atoms with Gasteiger partial charge in [-0.15, -0.1) is 0 Å². The molecule has 0 aliphatic carbocycles. The van der Waals surface area contributed by atoms with Crippen molar-refractivity contribution in [1.29, 1.82) is 0 Å². The van der Waals surface area contributed by atoms with Gasteiger partial charge in [0, 0.05) is 16.3 Å². The Morgan fingerprint density at radius 1 is 0.906 bits per heavy atom. The van der Waals surface area contributed by atoms with Crippen LogP contribution in [0.15, 0.2) is 89.3 Å². The number of furan rings is 1. The van der Waals surface area contributed by atoms with Crippen molar-refractivity contribution in [1.82, 2.24) is 4.98 Å². The van der Waals surface area contributed by atoms with Gasteiger partial charge in [-0.3, -0.25) is 4.79 Å². The lowest BCUT2D eigenvalue weighted by molar-refractivity contribution is 0.0470. The lowest BCUT2D eigenvalue weighted by Crippen LogP contribution is -2.14. The van der Waals surface area contributed by atoms with Crippen molar-refractivity contribution in [3.05, 3.63) is 102 Å². The molecule has 32 heavy (non-hydrogen) atoms. The molecule has 0 atom stereocenters. The molecule has 0 radical (unpaired) electrons. The van der Waals surface area contributed by atoms with E-state index < -0.39 is 18.4 Å². The first kappa shape index (κ1) is 19.7. The standard InChI is InChI=1S/C27H19NO4/c1-17-10-12-18(13-11-17)23-15-21(20-7-3-4-8-22(20)28-23)27(30)31-16-24(29)26-14-19-6-2-5-9-25(19)32-26/h2-15H,16H2,1H3. The van der Waals surface area contributed by atoms with Crippen LogP contribution in [0.5, 0.6) is 0 Å². The number of fused-ring (bicyclic) bond motifs is 2. The summed E-state index contributed by atoms with van der Waals surface area (Å²) in [6.07, 6.45) is 0. The number of carbonyl (C=O) groups excluding carboxylic acids is 2. The second kappa shape index (κ2) is 8.12. The van der Waals surface area contributed by atoms with Crippen LogP contribution in [0.4, 0.5) is 0 Å². The minimum Gasteiger partial charge on any atom is -0.454 e. The largest absolute Gasteiger partial charge is 0.454 e. The van der Waals surface area contributed by atoms with Crippen molar-refractivity contribution < 1.29 is 18.7 Å². The number of hydrogen-bond donors (Lipinski definition) is 0. The summed E-state index contributed by atoms with van der Waals surface area (Å²) >= 11 is 0. The van der Waals surface area contributed by atoms with Crippen molar-refractivity contribution in [2.45, 2.75) is 6.92 Å². The zero-order valence-corrected chi connectivity index (χ0v) is 17.4. The molecule has 0 unspecified atom stereocenters. The highest BCUT2D eigenvalue weighted by atomic mass is 16.5. The van der Waals surface area contributed by atoms with Gasteiger partial charge in [0.2, 0.25) is 5.78 Å². The summed E-state index contributed by atoms with van der Waals surface area (Å²) in [6.45, 7) is 1.61. The molecule has 2 heterocycles. The number of carbonyl (C=O) groups is 2. The highest BCUT2D eigenvalue weighted by molar-refractivity contribution is 6.06.